The van der Waals surface area contributed by atoms with Crippen LogP contribution in [0, 0.1) is 3.57 Å². The molecule has 7 heteroatoms. The second-order valence-electron chi connectivity index (χ2n) is 6.98. The fraction of sp³-hybridized carbons (Fsp3) is 0.318. The van der Waals surface area contributed by atoms with Crippen LogP contribution in [0.15, 0.2) is 48.5 Å². The minimum atomic E-state index is -0.764. The molecule has 152 valence electrons. The van der Waals surface area contributed by atoms with Crippen LogP contribution in [-0.4, -0.2) is 35.2 Å². The van der Waals surface area contributed by atoms with E-state index in [1.807, 2.05) is 37.3 Å². The van der Waals surface area contributed by atoms with Gasteiger partial charge >= 0.3 is 0 Å². The SMILES string of the molecule is CCCC(=O)N(CCc1cccc(Cl)c1)C1CC(=O)N(c2ccc(I)cc2)C1=O. The van der Waals surface area contributed by atoms with E-state index in [9.17, 15) is 14.4 Å². The van der Waals surface area contributed by atoms with Crippen molar-refractivity contribution in [2.24, 2.45) is 0 Å². The Morgan fingerprint density at radius 2 is 1.93 bits per heavy atom. The Kier molecular flexibility index (Phi) is 7.29. The van der Waals surface area contributed by atoms with Gasteiger partial charge in [-0.2, -0.15) is 0 Å². The largest absolute Gasteiger partial charge is 0.330 e. The van der Waals surface area contributed by atoms with E-state index in [-0.39, 0.29) is 24.1 Å². The van der Waals surface area contributed by atoms with E-state index in [1.165, 1.54) is 4.90 Å². The van der Waals surface area contributed by atoms with E-state index >= 15 is 0 Å². The standard InChI is InChI=1S/C22H22ClIN2O3/c1-2-4-20(27)25(12-11-15-5-3-6-16(23)13-15)19-14-21(28)26(22(19)29)18-9-7-17(24)8-10-18/h3,5-10,13,19H,2,4,11-12,14H2,1H3. The van der Waals surface area contributed by atoms with Gasteiger partial charge in [0, 0.05) is 21.6 Å². The predicted molar refractivity (Wildman–Crippen MR) is 122 cm³/mol. The summed E-state index contributed by atoms with van der Waals surface area (Å²) in [6.07, 6.45) is 1.60. The molecule has 5 nitrogen and oxygen atoms in total. The molecule has 2 aromatic rings. The second kappa shape index (κ2) is 9.71. The van der Waals surface area contributed by atoms with Crippen molar-refractivity contribution in [3.05, 3.63) is 62.7 Å². The first kappa shape index (κ1) is 21.8. The molecule has 0 radical (unpaired) electrons. The molecular formula is C22H22ClIN2O3. The molecule has 0 aliphatic carbocycles. The lowest BCUT2D eigenvalue weighted by atomic mass is 10.1. The Hall–Kier alpha value is -1.93. The number of nitrogens with zero attached hydrogens (tertiary/aromatic N) is 2. The Bertz CT molecular complexity index is 917. The zero-order valence-corrected chi connectivity index (χ0v) is 19.0. The molecule has 1 fully saturated rings. The number of hydrogen-bond acceptors (Lipinski definition) is 3. The van der Waals surface area contributed by atoms with Crippen molar-refractivity contribution >= 4 is 57.6 Å². The topological polar surface area (TPSA) is 57.7 Å². The van der Waals surface area contributed by atoms with E-state index < -0.39 is 6.04 Å². The molecule has 0 bridgehead atoms. The Morgan fingerprint density at radius 1 is 1.21 bits per heavy atom. The van der Waals surface area contributed by atoms with Gasteiger partial charge < -0.3 is 4.90 Å². The number of amides is 3. The summed E-state index contributed by atoms with van der Waals surface area (Å²) >= 11 is 8.22. The fourth-order valence-corrected chi connectivity index (χ4v) is 4.05. The molecule has 1 heterocycles. The molecule has 0 spiro atoms. The number of hydrogen-bond donors (Lipinski definition) is 0. The molecule has 0 N–H and O–H groups in total. The van der Waals surface area contributed by atoms with Crippen LogP contribution in [0.2, 0.25) is 5.02 Å². The van der Waals surface area contributed by atoms with E-state index in [4.69, 9.17) is 11.6 Å². The highest BCUT2D eigenvalue weighted by Crippen LogP contribution is 2.27. The van der Waals surface area contributed by atoms with Gasteiger partial charge in [-0.25, -0.2) is 4.90 Å². The molecule has 3 rings (SSSR count). The Morgan fingerprint density at radius 3 is 2.59 bits per heavy atom. The normalized spacial score (nSPS) is 16.4. The van der Waals surface area contributed by atoms with Crippen molar-refractivity contribution in [1.82, 2.24) is 4.90 Å². The zero-order chi connectivity index (χ0) is 21.0. The molecule has 1 unspecified atom stereocenters. The maximum atomic E-state index is 13.1. The van der Waals surface area contributed by atoms with Gasteiger partial charge in [0.25, 0.3) is 5.91 Å². The number of carbonyl (C=O) groups is 3. The number of anilines is 1. The third kappa shape index (κ3) is 5.17. The number of halogens is 2. The quantitative estimate of drug-likeness (QED) is 0.397. The van der Waals surface area contributed by atoms with E-state index in [0.717, 1.165) is 9.13 Å². The van der Waals surface area contributed by atoms with E-state index in [2.05, 4.69) is 22.6 Å². The van der Waals surface area contributed by atoms with Crippen LogP contribution < -0.4 is 4.90 Å². The summed E-state index contributed by atoms with van der Waals surface area (Å²) in [6, 6.07) is 13.9. The highest BCUT2D eigenvalue weighted by Gasteiger charge is 2.43. The maximum Gasteiger partial charge on any atom is 0.257 e. The monoisotopic (exact) mass is 524 g/mol. The number of carbonyl (C=O) groups excluding carboxylic acids is 3. The van der Waals surface area contributed by atoms with Gasteiger partial charge in [0.2, 0.25) is 11.8 Å². The maximum absolute atomic E-state index is 13.1. The Balaban J connectivity index is 1.81. The second-order valence-corrected chi connectivity index (χ2v) is 8.66. The molecule has 1 atom stereocenters. The van der Waals surface area contributed by atoms with E-state index in [1.54, 1.807) is 23.1 Å². The first-order chi connectivity index (χ1) is 13.9. The van der Waals surface area contributed by atoms with Crippen LogP contribution in [-0.2, 0) is 20.8 Å². The van der Waals surface area contributed by atoms with Crippen LogP contribution in [0.3, 0.4) is 0 Å². The van der Waals surface area contributed by atoms with Crippen molar-refractivity contribution in [3.63, 3.8) is 0 Å². The molecule has 3 amide bonds. The third-order valence-corrected chi connectivity index (χ3v) is 5.85. The van der Waals surface area contributed by atoms with Gasteiger partial charge in [-0.1, -0.05) is 30.7 Å². The van der Waals surface area contributed by atoms with Gasteiger partial charge in [0.15, 0.2) is 0 Å². The van der Waals surface area contributed by atoms with Gasteiger partial charge in [0.1, 0.15) is 6.04 Å². The number of rotatable bonds is 7. The molecule has 2 aromatic carbocycles. The van der Waals surface area contributed by atoms with Crippen molar-refractivity contribution in [3.8, 4) is 0 Å². The summed E-state index contributed by atoms with van der Waals surface area (Å²) in [4.78, 5) is 41.3. The lowest BCUT2D eigenvalue weighted by Crippen LogP contribution is -2.46. The van der Waals surface area contributed by atoms with Gasteiger partial charge in [0.05, 0.1) is 12.1 Å². The van der Waals surface area contributed by atoms with Gasteiger partial charge in [-0.05, 0) is 77.4 Å². The summed E-state index contributed by atoms with van der Waals surface area (Å²) in [5.74, 6) is -0.727. The number of benzene rings is 2. The highest BCUT2D eigenvalue weighted by molar-refractivity contribution is 14.1. The summed E-state index contributed by atoms with van der Waals surface area (Å²) < 4.78 is 1.02. The summed E-state index contributed by atoms with van der Waals surface area (Å²) in [6.45, 7) is 2.29. The van der Waals surface area contributed by atoms with Crippen LogP contribution >= 0.6 is 34.2 Å². The minimum absolute atomic E-state index is 0.00974. The minimum Gasteiger partial charge on any atom is -0.330 e. The zero-order valence-electron chi connectivity index (χ0n) is 16.1. The van der Waals surface area contributed by atoms with Crippen molar-refractivity contribution < 1.29 is 14.4 Å². The fourth-order valence-electron chi connectivity index (χ4n) is 3.47. The van der Waals surface area contributed by atoms with Crippen molar-refractivity contribution in [1.29, 1.82) is 0 Å². The van der Waals surface area contributed by atoms with Crippen LogP contribution in [0.1, 0.15) is 31.7 Å². The first-order valence-corrected chi connectivity index (χ1v) is 11.0. The lowest BCUT2D eigenvalue weighted by molar-refractivity contribution is -0.138. The first-order valence-electron chi connectivity index (χ1n) is 9.57. The van der Waals surface area contributed by atoms with Crippen LogP contribution in [0.25, 0.3) is 0 Å². The predicted octanol–water partition coefficient (Wildman–Crippen LogP) is 4.45. The number of imide groups is 1. The van der Waals surface area contributed by atoms with Crippen molar-refractivity contribution in [2.75, 3.05) is 11.4 Å². The lowest BCUT2D eigenvalue weighted by Gasteiger charge is -2.28. The average molecular weight is 525 g/mol. The summed E-state index contributed by atoms with van der Waals surface area (Å²) in [7, 11) is 0. The third-order valence-electron chi connectivity index (χ3n) is 4.90. The molecule has 1 aliphatic heterocycles. The highest BCUT2D eigenvalue weighted by atomic mass is 127. The molecular weight excluding hydrogens is 503 g/mol. The van der Waals surface area contributed by atoms with Gasteiger partial charge in [-0.15, -0.1) is 0 Å². The van der Waals surface area contributed by atoms with Gasteiger partial charge in [-0.3, -0.25) is 14.4 Å². The molecule has 1 aliphatic rings. The summed E-state index contributed by atoms with van der Waals surface area (Å²) in [5.41, 5.74) is 1.53. The molecule has 0 aromatic heterocycles. The van der Waals surface area contributed by atoms with Crippen molar-refractivity contribution in [2.45, 2.75) is 38.6 Å². The van der Waals surface area contributed by atoms with E-state index in [0.29, 0.717) is 36.5 Å². The smallest absolute Gasteiger partial charge is 0.257 e. The van der Waals surface area contributed by atoms with Crippen LogP contribution in [0.5, 0.6) is 0 Å². The molecule has 29 heavy (non-hydrogen) atoms. The average Bonchev–Trinajstić information content (AvgIpc) is 2.97. The molecule has 1 saturated heterocycles. The Labute approximate surface area is 189 Å². The molecule has 0 saturated carbocycles. The van der Waals surface area contributed by atoms with Crippen LogP contribution in [0.4, 0.5) is 5.69 Å². The summed E-state index contributed by atoms with van der Waals surface area (Å²) in [5, 5.41) is 0.631.